The van der Waals surface area contributed by atoms with Crippen molar-refractivity contribution in [2.45, 2.75) is 12.2 Å². The Morgan fingerprint density at radius 2 is 1.27 bits per heavy atom. The van der Waals surface area contributed by atoms with E-state index in [4.69, 9.17) is 18.9 Å². The third kappa shape index (κ3) is 5.56. The molecule has 0 aliphatic carbocycles. The standard InChI is InChI=1S/C29H30O8/c1-34-25-15-20(16-26(35-2)28(25)33)29-27(17-32)36-23-9-7-18(5-3-11-30)13-21(23)22-14-19(6-4-12-31)8-10-24(22)37-29/h3-10,13-16,27,29-33H,11-12,17H2,1-2H3. The van der Waals surface area contributed by atoms with Crippen LogP contribution in [0.4, 0.5) is 0 Å². The molecule has 8 heteroatoms. The Kier molecular flexibility index (Phi) is 8.35. The molecule has 37 heavy (non-hydrogen) atoms. The van der Waals surface area contributed by atoms with Crippen molar-refractivity contribution in [1.82, 2.24) is 0 Å². The Morgan fingerprint density at radius 3 is 1.73 bits per heavy atom. The highest BCUT2D eigenvalue weighted by Gasteiger charge is 2.32. The average Bonchev–Trinajstić information content (AvgIpc) is 2.92. The second-order valence-electron chi connectivity index (χ2n) is 8.33. The number of benzene rings is 3. The summed E-state index contributed by atoms with van der Waals surface area (Å²) in [6.45, 7) is -0.528. The molecule has 3 aromatic carbocycles. The first-order valence-electron chi connectivity index (χ1n) is 11.7. The second kappa shape index (κ2) is 11.8. The van der Waals surface area contributed by atoms with E-state index in [0.29, 0.717) is 17.1 Å². The third-order valence-corrected chi connectivity index (χ3v) is 6.01. The van der Waals surface area contributed by atoms with Crippen LogP contribution >= 0.6 is 0 Å². The average molecular weight is 507 g/mol. The minimum atomic E-state index is -0.807. The molecule has 0 fully saturated rings. The lowest BCUT2D eigenvalue weighted by Crippen LogP contribution is -2.34. The number of phenolic OH excluding ortho intramolecular Hbond substituents is 1. The SMILES string of the molecule is COc1cc(C2Oc3ccc(C=CCO)cc3-c3cc(C=CCO)ccc3OC2CO)cc(OC)c1O. The van der Waals surface area contributed by atoms with E-state index in [1.165, 1.54) is 14.2 Å². The van der Waals surface area contributed by atoms with Crippen LogP contribution in [-0.2, 0) is 0 Å². The van der Waals surface area contributed by atoms with Crippen molar-refractivity contribution in [1.29, 1.82) is 0 Å². The Labute approximate surface area is 215 Å². The second-order valence-corrected chi connectivity index (χ2v) is 8.33. The number of aliphatic hydroxyl groups excluding tert-OH is 3. The number of aromatic hydroxyl groups is 1. The van der Waals surface area contributed by atoms with Crippen LogP contribution < -0.4 is 18.9 Å². The van der Waals surface area contributed by atoms with E-state index in [-0.39, 0.29) is 37.1 Å². The Bertz CT molecular complexity index is 1270. The summed E-state index contributed by atoms with van der Waals surface area (Å²) in [6.07, 6.45) is 5.30. The molecule has 2 unspecified atom stereocenters. The van der Waals surface area contributed by atoms with Gasteiger partial charge in [-0.1, -0.05) is 36.4 Å². The van der Waals surface area contributed by atoms with Gasteiger partial charge in [0.1, 0.15) is 11.5 Å². The number of hydrogen-bond donors (Lipinski definition) is 4. The lowest BCUT2D eigenvalue weighted by Gasteiger charge is -2.32. The molecule has 8 nitrogen and oxygen atoms in total. The molecule has 4 N–H and O–H groups in total. The Hall–Kier alpha value is -3.98. The van der Waals surface area contributed by atoms with Crippen LogP contribution in [-0.4, -0.2) is 60.6 Å². The molecular weight excluding hydrogens is 476 g/mol. The van der Waals surface area contributed by atoms with Gasteiger partial charge in [-0.15, -0.1) is 0 Å². The molecule has 2 atom stereocenters. The van der Waals surface area contributed by atoms with Crippen molar-refractivity contribution < 1.29 is 39.4 Å². The van der Waals surface area contributed by atoms with Gasteiger partial charge in [-0.25, -0.2) is 0 Å². The molecule has 0 amide bonds. The smallest absolute Gasteiger partial charge is 0.200 e. The van der Waals surface area contributed by atoms with Gasteiger partial charge in [-0.05, 0) is 47.5 Å². The fraction of sp³-hybridized carbons (Fsp3) is 0.241. The van der Waals surface area contributed by atoms with Gasteiger partial charge in [0.15, 0.2) is 23.7 Å². The first kappa shape index (κ1) is 26.1. The highest BCUT2D eigenvalue weighted by molar-refractivity contribution is 5.80. The minimum absolute atomic E-state index is 0.0861. The van der Waals surface area contributed by atoms with Gasteiger partial charge in [0.2, 0.25) is 5.75 Å². The third-order valence-electron chi connectivity index (χ3n) is 6.01. The van der Waals surface area contributed by atoms with E-state index in [0.717, 1.165) is 22.3 Å². The highest BCUT2D eigenvalue weighted by atomic mass is 16.6. The summed E-state index contributed by atoms with van der Waals surface area (Å²) < 4.78 is 23.5. The van der Waals surface area contributed by atoms with Gasteiger partial charge >= 0.3 is 0 Å². The van der Waals surface area contributed by atoms with E-state index in [2.05, 4.69) is 0 Å². The minimum Gasteiger partial charge on any atom is -0.502 e. The van der Waals surface area contributed by atoms with Crippen molar-refractivity contribution >= 4 is 12.2 Å². The summed E-state index contributed by atoms with van der Waals surface area (Å²) in [4.78, 5) is 0. The van der Waals surface area contributed by atoms with Crippen molar-refractivity contribution in [3.63, 3.8) is 0 Å². The van der Waals surface area contributed by atoms with Crippen molar-refractivity contribution in [2.24, 2.45) is 0 Å². The van der Waals surface area contributed by atoms with E-state index in [1.807, 2.05) is 36.4 Å². The molecule has 0 spiro atoms. The van der Waals surface area contributed by atoms with E-state index in [1.54, 1.807) is 36.4 Å². The normalized spacial score (nSPS) is 16.9. The zero-order chi connectivity index (χ0) is 26.4. The highest BCUT2D eigenvalue weighted by Crippen LogP contribution is 2.46. The van der Waals surface area contributed by atoms with E-state index >= 15 is 0 Å². The molecule has 4 rings (SSSR count). The largest absolute Gasteiger partial charge is 0.502 e. The monoisotopic (exact) mass is 506 g/mol. The van der Waals surface area contributed by atoms with Crippen LogP contribution in [0, 0.1) is 0 Å². The number of ether oxygens (including phenoxy) is 4. The number of phenols is 1. The summed E-state index contributed by atoms with van der Waals surface area (Å²) in [5.74, 6) is 1.33. The maximum Gasteiger partial charge on any atom is 0.200 e. The van der Waals surface area contributed by atoms with Crippen LogP contribution in [0.2, 0.25) is 0 Å². The number of aliphatic hydroxyl groups is 3. The van der Waals surface area contributed by atoms with Crippen LogP contribution in [0.25, 0.3) is 23.3 Å². The van der Waals surface area contributed by atoms with Gasteiger partial charge in [-0.3, -0.25) is 0 Å². The molecule has 3 aromatic rings. The van der Waals surface area contributed by atoms with Crippen LogP contribution in [0.5, 0.6) is 28.7 Å². The van der Waals surface area contributed by atoms with Crippen molar-refractivity contribution in [2.75, 3.05) is 34.0 Å². The van der Waals surface area contributed by atoms with E-state index < -0.39 is 12.2 Å². The van der Waals surface area contributed by atoms with Gasteiger partial charge < -0.3 is 39.4 Å². The quantitative estimate of drug-likeness (QED) is 0.363. The van der Waals surface area contributed by atoms with Gasteiger partial charge in [0.25, 0.3) is 0 Å². The summed E-state index contributed by atoms with van der Waals surface area (Å²) >= 11 is 0. The van der Waals surface area contributed by atoms with Crippen LogP contribution in [0.15, 0.2) is 60.7 Å². The molecule has 0 saturated carbocycles. The van der Waals surface area contributed by atoms with E-state index in [9.17, 15) is 20.4 Å². The zero-order valence-electron chi connectivity index (χ0n) is 20.6. The van der Waals surface area contributed by atoms with Crippen molar-refractivity contribution in [3.05, 3.63) is 77.4 Å². The van der Waals surface area contributed by atoms with Crippen LogP contribution in [0.1, 0.15) is 22.8 Å². The Balaban J connectivity index is 1.90. The predicted octanol–water partition coefficient (Wildman–Crippen LogP) is 3.96. The number of methoxy groups -OCH3 is 2. The molecule has 0 saturated heterocycles. The van der Waals surface area contributed by atoms with Gasteiger partial charge in [0.05, 0.1) is 34.0 Å². The van der Waals surface area contributed by atoms with Gasteiger partial charge in [0, 0.05) is 16.7 Å². The molecule has 194 valence electrons. The summed E-state index contributed by atoms with van der Waals surface area (Å²) in [5.41, 5.74) is 3.76. The molecule has 1 aliphatic rings. The molecular formula is C29H30O8. The molecule has 0 aromatic heterocycles. The van der Waals surface area contributed by atoms with Crippen molar-refractivity contribution in [3.8, 4) is 39.9 Å². The summed E-state index contributed by atoms with van der Waals surface area (Å²) in [6, 6.07) is 14.5. The van der Waals surface area contributed by atoms with Crippen LogP contribution in [0.3, 0.4) is 0 Å². The lowest BCUT2D eigenvalue weighted by molar-refractivity contribution is 0.0132. The zero-order valence-corrected chi connectivity index (χ0v) is 20.6. The Morgan fingerprint density at radius 1 is 0.757 bits per heavy atom. The summed E-state index contributed by atoms with van der Waals surface area (Å²) in [7, 11) is 2.88. The first-order chi connectivity index (χ1) is 18.0. The topological polar surface area (TPSA) is 118 Å². The summed E-state index contributed by atoms with van der Waals surface area (Å²) in [5, 5.41) is 39.2. The predicted molar refractivity (Wildman–Crippen MR) is 140 cm³/mol. The fourth-order valence-corrected chi connectivity index (χ4v) is 4.24. The first-order valence-corrected chi connectivity index (χ1v) is 11.7. The van der Waals surface area contributed by atoms with Gasteiger partial charge in [-0.2, -0.15) is 0 Å². The molecule has 1 aliphatic heterocycles. The maximum absolute atomic E-state index is 10.4. The number of rotatable bonds is 8. The molecule has 0 bridgehead atoms. The maximum atomic E-state index is 10.4. The molecule has 1 heterocycles. The number of fused-ring (bicyclic) bond motifs is 3. The molecule has 0 radical (unpaired) electrons. The number of hydrogen-bond acceptors (Lipinski definition) is 8. The lowest BCUT2D eigenvalue weighted by atomic mass is 9.96. The fourth-order valence-electron chi connectivity index (χ4n) is 4.24.